The average Bonchev–Trinajstić information content (AvgIpc) is 2.07. The third-order valence-corrected chi connectivity index (χ3v) is 1.75. The Balaban J connectivity index is 3.14. The number of aliphatic imine (C=N–C) groups is 1. The highest BCUT2D eigenvalue weighted by Crippen LogP contribution is 2.23. The second-order valence-corrected chi connectivity index (χ2v) is 3.38. The molecule has 1 aromatic carbocycles. The van der Waals surface area contributed by atoms with Crippen molar-refractivity contribution in [3.63, 3.8) is 0 Å². The molecule has 1 rings (SSSR count). The van der Waals surface area contributed by atoms with Crippen LogP contribution in [-0.2, 0) is 0 Å². The van der Waals surface area contributed by atoms with Crippen molar-refractivity contribution in [2.45, 2.75) is 13.8 Å². The Kier molecular flexibility index (Phi) is 3.19. The van der Waals surface area contributed by atoms with Crippen molar-refractivity contribution in [1.82, 2.24) is 0 Å². The van der Waals surface area contributed by atoms with Crippen molar-refractivity contribution in [3.8, 4) is 0 Å². The van der Waals surface area contributed by atoms with E-state index in [0.717, 1.165) is 5.56 Å². The van der Waals surface area contributed by atoms with Gasteiger partial charge in [-0.05, 0) is 25.5 Å². The molecule has 0 bridgehead atoms. The molecule has 0 aliphatic heterocycles. The van der Waals surface area contributed by atoms with Crippen LogP contribution in [0.1, 0.15) is 12.5 Å². The van der Waals surface area contributed by atoms with Crippen LogP contribution in [0.4, 0.5) is 11.4 Å². The van der Waals surface area contributed by atoms with E-state index in [1.54, 1.807) is 19.9 Å². The van der Waals surface area contributed by atoms with Crippen LogP contribution < -0.4 is 0 Å². The minimum Gasteiger partial charge on any atom is -0.258 e. The summed E-state index contributed by atoms with van der Waals surface area (Å²) in [5.41, 5.74) is 1.45. The van der Waals surface area contributed by atoms with Gasteiger partial charge in [0.2, 0.25) is 0 Å². The number of hydrogen-bond acceptors (Lipinski definition) is 3. The summed E-state index contributed by atoms with van der Waals surface area (Å²) in [5.74, 6) is 0. The molecule has 0 amide bonds. The summed E-state index contributed by atoms with van der Waals surface area (Å²) in [7, 11) is 0. The maximum Gasteiger partial charge on any atom is 0.269 e. The fraction of sp³-hybridized carbons (Fsp3) is 0.222. The number of nitrogens with zero attached hydrogens (tertiary/aromatic N) is 2. The Morgan fingerprint density at radius 2 is 2.21 bits per heavy atom. The van der Waals surface area contributed by atoms with Gasteiger partial charge in [0.25, 0.3) is 5.69 Å². The summed E-state index contributed by atoms with van der Waals surface area (Å²) >= 11 is 5.60. The maximum absolute atomic E-state index is 10.4. The number of non-ortho nitro benzene ring substituents is 1. The molecule has 0 heterocycles. The summed E-state index contributed by atoms with van der Waals surface area (Å²) in [6.07, 6.45) is 0. The standard InChI is InChI=1S/C9H9ClN2O2/c1-6-5-8(12(13)14)3-4-9(6)11-7(2)10/h3-5H,1-2H3/b11-7+. The normalized spacial score (nSPS) is 11.5. The van der Waals surface area contributed by atoms with Crippen LogP contribution in [-0.4, -0.2) is 10.1 Å². The first-order valence-electron chi connectivity index (χ1n) is 3.96. The zero-order valence-electron chi connectivity index (χ0n) is 7.82. The molecule has 0 aliphatic carbocycles. The highest BCUT2D eigenvalue weighted by Gasteiger charge is 2.07. The van der Waals surface area contributed by atoms with Crippen LogP contribution in [0.3, 0.4) is 0 Å². The van der Waals surface area contributed by atoms with Gasteiger partial charge < -0.3 is 0 Å². The molecule has 0 spiro atoms. The molecule has 0 radical (unpaired) electrons. The number of aryl methyl sites for hydroxylation is 1. The Bertz CT molecular complexity index is 398. The molecule has 0 atom stereocenters. The minimum absolute atomic E-state index is 0.0636. The van der Waals surface area contributed by atoms with Crippen LogP contribution in [0.15, 0.2) is 23.2 Å². The molecule has 0 aliphatic rings. The average molecular weight is 213 g/mol. The number of halogens is 1. The molecular formula is C9H9ClN2O2. The smallest absolute Gasteiger partial charge is 0.258 e. The van der Waals surface area contributed by atoms with Crippen molar-refractivity contribution in [3.05, 3.63) is 33.9 Å². The first-order valence-corrected chi connectivity index (χ1v) is 4.34. The van der Waals surface area contributed by atoms with Gasteiger partial charge in [-0.15, -0.1) is 0 Å². The minimum atomic E-state index is -0.436. The van der Waals surface area contributed by atoms with Crippen LogP contribution in [0.2, 0.25) is 0 Å². The van der Waals surface area contributed by atoms with Gasteiger partial charge in [-0.2, -0.15) is 0 Å². The zero-order valence-corrected chi connectivity index (χ0v) is 8.58. The highest BCUT2D eigenvalue weighted by molar-refractivity contribution is 6.65. The highest BCUT2D eigenvalue weighted by atomic mass is 35.5. The lowest BCUT2D eigenvalue weighted by molar-refractivity contribution is -0.384. The molecule has 4 nitrogen and oxygen atoms in total. The molecule has 0 saturated heterocycles. The van der Waals surface area contributed by atoms with Crippen LogP contribution in [0.25, 0.3) is 0 Å². The zero-order chi connectivity index (χ0) is 10.7. The Morgan fingerprint density at radius 3 is 2.64 bits per heavy atom. The van der Waals surface area contributed by atoms with Crippen molar-refractivity contribution in [2.24, 2.45) is 4.99 Å². The van der Waals surface area contributed by atoms with Gasteiger partial charge in [0.15, 0.2) is 0 Å². The molecule has 5 heteroatoms. The Hall–Kier alpha value is -1.42. The van der Waals surface area contributed by atoms with Gasteiger partial charge in [-0.25, -0.2) is 4.99 Å². The van der Waals surface area contributed by atoms with E-state index in [4.69, 9.17) is 11.6 Å². The summed E-state index contributed by atoms with van der Waals surface area (Å²) in [6.45, 7) is 3.41. The van der Waals surface area contributed by atoms with E-state index in [2.05, 4.69) is 4.99 Å². The maximum atomic E-state index is 10.4. The Labute approximate surface area is 86.4 Å². The van der Waals surface area contributed by atoms with Crippen molar-refractivity contribution >= 4 is 28.1 Å². The fourth-order valence-electron chi connectivity index (χ4n) is 1.04. The van der Waals surface area contributed by atoms with Gasteiger partial charge in [-0.3, -0.25) is 10.1 Å². The molecule has 14 heavy (non-hydrogen) atoms. The van der Waals surface area contributed by atoms with E-state index in [9.17, 15) is 10.1 Å². The first kappa shape index (κ1) is 10.7. The van der Waals surface area contributed by atoms with Gasteiger partial charge in [0, 0.05) is 12.1 Å². The first-order chi connectivity index (χ1) is 6.50. The van der Waals surface area contributed by atoms with E-state index in [0.29, 0.717) is 10.9 Å². The number of nitro groups is 1. The lowest BCUT2D eigenvalue weighted by Crippen LogP contribution is -1.88. The summed E-state index contributed by atoms with van der Waals surface area (Å²) < 4.78 is 0. The molecule has 0 fully saturated rings. The second-order valence-electron chi connectivity index (χ2n) is 2.84. The van der Waals surface area contributed by atoms with E-state index >= 15 is 0 Å². The number of rotatable bonds is 2. The van der Waals surface area contributed by atoms with Gasteiger partial charge in [0.1, 0.15) is 5.17 Å². The quantitative estimate of drug-likeness (QED) is 0.429. The molecule has 1 aromatic rings. The van der Waals surface area contributed by atoms with Crippen molar-refractivity contribution in [2.75, 3.05) is 0 Å². The SMILES string of the molecule is C/C(Cl)=N\c1ccc([N+](=O)[O-])cc1C. The topological polar surface area (TPSA) is 55.5 Å². The van der Waals surface area contributed by atoms with Gasteiger partial charge >= 0.3 is 0 Å². The lowest BCUT2D eigenvalue weighted by Gasteiger charge is -1.99. The predicted octanol–water partition coefficient (Wildman–Crippen LogP) is 3.19. The van der Waals surface area contributed by atoms with Crippen molar-refractivity contribution < 1.29 is 4.92 Å². The largest absolute Gasteiger partial charge is 0.269 e. The molecule has 0 unspecified atom stereocenters. The summed E-state index contributed by atoms with van der Waals surface area (Å²) in [6, 6.07) is 4.46. The molecular weight excluding hydrogens is 204 g/mol. The second kappa shape index (κ2) is 4.19. The van der Waals surface area contributed by atoms with Crippen LogP contribution in [0, 0.1) is 17.0 Å². The molecule has 0 saturated carbocycles. The van der Waals surface area contributed by atoms with E-state index in [1.807, 2.05) is 0 Å². The summed E-state index contributed by atoms with van der Waals surface area (Å²) in [5, 5.41) is 10.8. The number of benzene rings is 1. The predicted molar refractivity (Wildman–Crippen MR) is 56.5 cm³/mol. The van der Waals surface area contributed by atoms with Crippen LogP contribution >= 0.6 is 11.6 Å². The van der Waals surface area contributed by atoms with E-state index in [-0.39, 0.29) is 5.69 Å². The van der Waals surface area contributed by atoms with Crippen LogP contribution in [0.5, 0.6) is 0 Å². The fourth-order valence-corrected chi connectivity index (χ4v) is 1.14. The third-order valence-electron chi connectivity index (χ3n) is 1.67. The number of hydrogen-bond donors (Lipinski definition) is 0. The summed E-state index contributed by atoms with van der Waals surface area (Å²) in [4.78, 5) is 14.0. The van der Waals surface area contributed by atoms with Gasteiger partial charge in [0.05, 0.1) is 10.6 Å². The Morgan fingerprint density at radius 1 is 1.57 bits per heavy atom. The molecule has 0 aromatic heterocycles. The van der Waals surface area contributed by atoms with Crippen molar-refractivity contribution in [1.29, 1.82) is 0 Å². The number of nitro benzene ring substituents is 1. The third kappa shape index (κ3) is 2.53. The van der Waals surface area contributed by atoms with E-state index in [1.165, 1.54) is 12.1 Å². The van der Waals surface area contributed by atoms with E-state index < -0.39 is 4.92 Å². The lowest BCUT2D eigenvalue weighted by atomic mass is 10.2. The monoisotopic (exact) mass is 212 g/mol. The molecule has 0 N–H and O–H groups in total. The van der Waals surface area contributed by atoms with Gasteiger partial charge in [-0.1, -0.05) is 11.6 Å². The molecule has 74 valence electrons.